The summed E-state index contributed by atoms with van der Waals surface area (Å²) in [6.45, 7) is 3.13. The van der Waals surface area contributed by atoms with E-state index in [1.165, 1.54) is 0 Å². The lowest BCUT2D eigenvalue weighted by Crippen LogP contribution is -2.43. The third-order valence-corrected chi connectivity index (χ3v) is 8.19. The summed E-state index contributed by atoms with van der Waals surface area (Å²) >= 11 is 6.05. The highest BCUT2D eigenvalue weighted by Gasteiger charge is 2.34. The summed E-state index contributed by atoms with van der Waals surface area (Å²) in [4.78, 5) is 3.86. The van der Waals surface area contributed by atoms with Crippen molar-refractivity contribution < 1.29 is 17.3 Å². The van der Waals surface area contributed by atoms with Gasteiger partial charge in [-0.15, -0.1) is 0 Å². The number of hydrogen-bond acceptors (Lipinski definition) is 6. The van der Waals surface area contributed by atoms with Gasteiger partial charge in [0.25, 0.3) is 10.1 Å². The van der Waals surface area contributed by atoms with Crippen LogP contribution in [0.5, 0.6) is 0 Å². The summed E-state index contributed by atoms with van der Waals surface area (Å²) in [6, 6.07) is 34.0. The summed E-state index contributed by atoms with van der Waals surface area (Å²) in [5, 5.41) is 0.666. The molecule has 1 aliphatic rings. The molecule has 5 rings (SSSR count). The number of aryl methyl sites for hydroxylation is 1. The van der Waals surface area contributed by atoms with Crippen molar-refractivity contribution in [3.8, 4) is 0 Å². The van der Waals surface area contributed by atoms with Crippen LogP contribution in [0.4, 0.5) is 0 Å². The SMILES string of the molecule is Cc1ccc(S(=O)(=O)OC2N(Cc3ccccc3)C=CN2CC(OCc2ccc(Cl)cc2)c2ccccc2)cc1. The van der Waals surface area contributed by atoms with Gasteiger partial charge in [-0.05, 0) is 47.9 Å². The Labute approximate surface area is 241 Å². The zero-order chi connectivity index (χ0) is 28.0. The van der Waals surface area contributed by atoms with Crippen LogP contribution in [0.3, 0.4) is 0 Å². The molecule has 0 amide bonds. The second-order valence-corrected chi connectivity index (χ2v) is 11.7. The van der Waals surface area contributed by atoms with Gasteiger partial charge >= 0.3 is 0 Å². The Bertz CT molecular complexity index is 1510. The van der Waals surface area contributed by atoms with Crippen molar-refractivity contribution in [2.45, 2.75) is 37.4 Å². The first kappa shape index (κ1) is 27.9. The van der Waals surface area contributed by atoms with Crippen molar-refractivity contribution in [1.82, 2.24) is 9.80 Å². The van der Waals surface area contributed by atoms with Crippen molar-refractivity contribution in [2.24, 2.45) is 0 Å². The second-order valence-electron chi connectivity index (χ2n) is 9.68. The number of rotatable bonds is 11. The molecule has 6 nitrogen and oxygen atoms in total. The number of nitrogens with zero attached hydrogens (tertiary/aromatic N) is 2. The molecule has 0 saturated carbocycles. The van der Waals surface area contributed by atoms with Crippen LogP contribution in [0, 0.1) is 6.92 Å². The fourth-order valence-corrected chi connectivity index (χ4v) is 5.61. The van der Waals surface area contributed by atoms with Crippen LogP contribution < -0.4 is 0 Å². The molecule has 1 heterocycles. The van der Waals surface area contributed by atoms with Gasteiger partial charge in [-0.2, -0.15) is 8.42 Å². The molecule has 0 fully saturated rings. The van der Waals surface area contributed by atoms with Crippen molar-refractivity contribution in [3.05, 3.63) is 149 Å². The van der Waals surface area contributed by atoms with Crippen LogP contribution in [0.1, 0.15) is 28.4 Å². The molecule has 2 unspecified atom stereocenters. The summed E-state index contributed by atoms with van der Waals surface area (Å²) in [5.74, 6) is 0. The fraction of sp³-hybridized carbons (Fsp3) is 0.188. The third kappa shape index (κ3) is 7.11. The zero-order valence-corrected chi connectivity index (χ0v) is 23.7. The van der Waals surface area contributed by atoms with Crippen molar-refractivity contribution >= 4 is 21.7 Å². The Morgan fingerprint density at radius 1 is 0.775 bits per heavy atom. The summed E-state index contributed by atoms with van der Waals surface area (Å²) in [6.07, 6.45) is 2.48. The Kier molecular flexibility index (Phi) is 8.87. The number of ether oxygens (including phenoxy) is 1. The molecule has 206 valence electrons. The molecule has 0 saturated heterocycles. The molecular formula is C32H31ClN2O4S. The number of hydrogen-bond donors (Lipinski definition) is 0. The van der Waals surface area contributed by atoms with E-state index in [0.717, 1.165) is 22.3 Å². The zero-order valence-electron chi connectivity index (χ0n) is 22.1. The molecular weight excluding hydrogens is 544 g/mol. The van der Waals surface area contributed by atoms with Crippen LogP contribution >= 0.6 is 11.6 Å². The first-order chi connectivity index (χ1) is 19.4. The average molecular weight is 575 g/mol. The normalized spacial score (nSPS) is 15.9. The quantitative estimate of drug-likeness (QED) is 0.182. The number of halogens is 1. The highest BCUT2D eigenvalue weighted by molar-refractivity contribution is 7.86. The van der Waals surface area contributed by atoms with Crippen molar-refractivity contribution in [3.63, 3.8) is 0 Å². The summed E-state index contributed by atoms with van der Waals surface area (Å²) in [5.41, 5.74) is 3.97. The maximum Gasteiger partial charge on any atom is 0.300 e. The number of benzene rings is 4. The molecule has 4 aromatic carbocycles. The van der Waals surface area contributed by atoms with Crippen LogP contribution in [0.25, 0.3) is 0 Å². The average Bonchev–Trinajstić information content (AvgIpc) is 3.32. The van der Waals surface area contributed by atoms with Gasteiger partial charge in [0, 0.05) is 24.0 Å². The van der Waals surface area contributed by atoms with Gasteiger partial charge < -0.3 is 14.5 Å². The lowest BCUT2D eigenvalue weighted by atomic mass is 10.1. The smallest absolute Gasteiger partial charge is 0.300 e. The molecule has 40 heavy (non-hydrogen) atoms. The molecule has 0 radical (unpaired) electrons. The van der Waals surface area contributed by atoms with Crippen molar-refractivity contribution in [1.29, 1.82) is 0 Å². The van der Waals surface area contributed by atoms with E-state index in [-0.39, 0.29) is 11.0 Å². The van der Waals surface area contributed by atoms with Crippen LogP contribution in [0.15, 0.2) is 126 Å². The van der Waals surface area contributed by atoms with E-state index in [1.54, 1.807) is 24.3 Å². The first-order valence-corrected chi connectivity index (χ1v) is 14.8. The van der Waals surface area contributed by atoms with E-state index < -0.39 is 16.5 Å². The van der Waals surface area contributed by atoms with Crippen molar-refractivity contribution in [2.75, 3.05) is 6.54 Å². The Morgan fingerprint density at radius 3 is 2.08 bits per heavy atom. The molecule has 4 aromatic rings. The topological polar surface area (TPSA) is 59.1 Å². The van der Waals surface area contributed by atoms with Crippen LogP contribution in [-0.2, 0) is 32.2 Å². The molecule has 0 aromatic heterocycles. The molecule has 0 aliphatic carbocycles. The highest BCUT2D eigenvalue weighted by atomic mass is 35.5. The largest absolute Gasteiger partial charge is 0.367 e. The van der Waals surface area contributed by atoms with Gasteiger partial charge in [-0.1, -0.05) is 102 Å². The summed E-state index contributed by atoms with van der Waals surface area (Å²) < 4.78 is 39.1. The standard InChI is InChI=1S/C32H31ClN2O4S/c1-25-12-18-30(19-13-25)40(36,37)39-32-34(22-26-8-4-2-5-9-26)20-21-35(32)23-31(28-10-6-3-7-11-28)38-24-27-14-16-29(33)17-15-27/h2-21,31-32H,22-24H2,1H3. The minimum Gasteiger partial charge on any atom is -0.367 e. The Hall–Kier alpha value is -3.62. The molecule has 1 aliphatic heterocycles. The minimum absolute atomic E-state index is 0.114. The minimum atomic E-state index is -4.06. The van der Waals surface area contributed by atoms with Gasteiger partial charge in [0.05, 0.1) is 18.0 Å². The van der Waals surface area contributed by atoms with E-state index in [2.05, 4.69) is 0 Å². The molecule has 2 atom stereocenters. The third-order valence-electron chi connectivity index (χ3n) is 6.66. The van der Waals surface area contributed by atoms with E-state index in [1.807, 2.05) is 114 Å². The maximum atomic E-state index is 13.4. The van der Waals surface area contributed by atoms with Gasteiger partial charge in [-0.25, -0.2) is 4.18 Å². The Balaban J connectivity index is 1.40. The monoisotopic (exact) mass is 574 g/mol. The fourth-order valence-electron chi connectivity index (χ4n) is 4.46. The predicted octanol–water partition coefficient (Wildman–Crippen LogP) is 6.88. The highest BCUT2D eigenvalue weighted by Crippen LogP contribution is 2.29. The predicted molar refractivity (Wildman–Crippen MR) is 156 cm³/mol. The van der Waals surface area contributed by atoms with E-state index >= 15 is 0 Å². The lowest BCUT2D eigenvalue weighted by Gasteiger charge is -2.34. The molecule has 0 bridgehead atoms. The van der Waals surface area contributed by atoms with E-state index in [0.29, 0.717) is 24.7 Å². The van der Waals surface area contributed by atoms with Gasteiger partial charge in [0.15, 0.2) is 0 Å². The van der Waals surface area contributed by atoms with Gasteiger partial charge in [0.2, 0.25) is 6.35 Å². The second kappa shape index (κ2) is 12.7. The van der Waals surface area contributed by atoms with Gasteiger partial charge in [-0.3, -0.25) is 0 Å². The lowest BCUT2D eigenvalue weighted by molar-refractivity contribution is -0.0574. The first-order valence-electron chi connectivity index (χ1n) is 13.0. The van der Waals surface area contributed by atoms with Crippen LogP contribution in [0.2, 0.25) is 5.02 Å². The molecule has 0 N–H and O–H groups in total. The summed E-state index contributed by atoms with van der Waals surface area (Å²) in [7, 11) is -4.06. The molecule has 0 spiro atoms. The molecule has 8 heteroatoms. The van der Waals surface area contributed by atoms with Gasteiger partial charge in [0.1, 0.15) is 6.10 Å². The maximum absolute atomic E-state index is 13.4. The van der Waals surface area contributed by atoms with Crippen LogP contribution in [-0.4, -0.2) is 31.1 Å². The van der Waals surface area contributed by atoms with E-state index in [9.17, 15) is 8.42 Å². The Morgan fingerprint density at radius 2 is 1.40 bits per heavy atom. The van der Waals surface area contributed by atoms with E-state index in [4.69, 9.17) is 20.5 Å².